The molecule has 1 rings (SSSR count). The fourth-order valence-corrected chi connectivity index (χ4v) is 1.80. The molecular formula is C14H19F2NO4. The van der Waals surface area contributed by atoms with Crippen LogP contribution in [0.5, 0.6) is 11.5 Å². The zero-order chi connectivity index (χ0) is 15.8. The number of benzene rings is 1. The second-order valence-corrected chi connectivity index (χ2v) is 4.20. The molecule has 0 aliphatic carbocycles. The summed E-state index contributed by atoms with van der Waals surface area (Å²) in [6.07, 6.45) is 0.810. The number of esters is 1. The van der Waals surface area contributed by atoms with E-state index in [2.05, 4.69) is 10.1 Å². The first-order valence-corrected chi connectivity index (χ1v) is 6.47. The molecule has 0 spiro atoms. The van der Waals surface area contributed by atoms with E-state index in [0.717, 1.165) is 6.42 Å². The predicted octanol–water partition coefficient (Wildman–Crippen LogP) is 2.51. The maximum Gasteiger partial charge on any atom is 0.387 e. The van der Waals surface area contributed by atoms with Crippen molar-refractivity contribution in [2.45, 2.75) is 26.0 Å². The summed E-state index contributed by atoms with van der Waals surface area (Å²) in [6.45, 7) is -0.452. The van der Waals surface area contributed by atoms with Gasteiger partial charge in [0.25, 0.3) is 0 Å². The molecule has 0 saturated heterocycles. The second-order valence-electron chi connectivity index (χ2n) is 4.20. The lowest BCUT2D eigenvalue weighted by Crippen LogP contribution is -2.30. The normalized spacial score (nSPS) is 12.1. The van der Waals surface area contributed by atoms with Crippen molar-refractivity contribution in [2.24, 2.45) is 0 Å². The number of carbonyl (C=O) groups is 1. The highest BCUT2D eigenvalue weighted by Gasteiger charge is 2.22. The molecule has 0 heterocycles. The van der Waals surface area contributed by atoms with Crippen LogP contribution in [0.3, 0.4) is 0 Å². The van der Waals surface area contributed by atoms with Crippen molar-refractivity contribution in [3.8, 4) is 11.5 Å². The Labute approximate surface area is 122 Å². The Morgan fingerprint density at radius 3 is 2.52 bits per heavy atom. The van der Waals surface area contributed by atoms with Crippen LogP contribution in [0.15, 0.2) is 18.2 Å². The maximum atomic E-state index is 12.4. The Balaban J connectivity index is 3.09. The van der Waals surface area contributed by atoms with Gasteiger partial charge in [-0.1, -0.05) is 13.0 Å². The molecule has 0 fully saturated rings. The number of hydrogen-bond donors (Lipinski definition) is 1. The van der Waals surface area contributed by atoms with Gasteiger partial charge in [-0.05, 0) is 30.7 Å². The van der Waals surface area contributed by atoms with Crippen molar-refractivity contribution < 1.29 is 27.8 Å². The largest absolute Gasteiger partial charge is 0.493 e. The van der Waals surface area contributed by atoms with Crippen LogP contribution < -0.4 is 14.8 Å². The highest BCUT2D eigenvalue weighted by Crippen LogP contribution is 2.31. The molecular weight excluding hydrogens is 284 g/mol. The van der Waals surface area contributed by atoms with Crippen LogP contribution in [0, 0.1) is 0 Å². The summed E-state index contributed by atoms with van der Waals surface area (Å²) in [7, 11) is 2.61. The molecule has 21 heavy (non-hydrogen) atoms. The van der Waals surface area contributed by atoms with Gasteiger partial charge in [0, 0.05) is 0 Å². The summed E-state index contributed by atoms with van der Waals surface area (Å²) in [6, 6.07) is 3.66. The molecule has 0 aliphatic rings. The molecule has 0 radical (unpaired) electrons. The molecule has 1 aromatic carbocycles. The fourth-order valence-electron chi connectivity index (χ4n) is 1.80. The highest BCUT2D eigenvalue weighted by atomic mass is 19.3. The molecule has 118 valence electrons. The van der Waals surface area contributed by atoms with Crippen molar-refractivity contribution in [1.82, 2.24) is 5.32 Å². The average molecular weight is 303 g/mol. The van der Waals surface area contributed by atoms with Crippen LogP contribution in [0.4, 0.5) is 8.78 Å². The first-order valence-electron chi connectivity index (χ1n) is 6.47. The number of methoxy groups -OCH3 is 2. The number of carbonyl (C=O) groups excluding carboxylic acids is 1. The molecule has 5 nitrogen and oxygen atoms in total. The monoisotopic (exact) mass is 303 g/mol. The summed E-state index contributed by atoms with van der Waals surface area (Å²) in [5.41, 5.74) is 0.465. The summed E-state index contributed by atoms with van der Waals surface area (Å²) in [5, 5.41) is 3.00. The van der Waals surface area contributed by atoms with Gasteiger partial charge in [0.15, 0.2) is 11.5 Å². The van der Waals surface area contributed by atoms with Crippen molar-refractivity contribution >= 4 is 5.97 Å². The summed E-state index contributed by atoms with van der Waals surface area (Å²) in [4.78, 5) is 11.8. The zero-order valence-corrected chi connectivity index (χ0v) is 12.2. The van der Waals surface area contributed by atoms with Gasteiger partial charge in [0.1, 0.15) is 6.04 Å². The standard InChI is InChI=1S/C14H19F2NO4/c1-4-7-17-12(13(18)20-3)9-5-6-10(19-2)11(8-9)21-14(15)16/h5-6,8,12,14,17H,4,7H2,1-3H3. The van der Waals surface area contributed by atoms with Crippen LogP contribution in [0.2, 0.25) is 0 Å². The molecule has 1 N–H and O–H groups in total. The Kier molecular flexibility index (Phi) is 6.87. The van der Waals surface area contributed by atoms with E-state index >= 15 is 0 Å². The van der Waals surface area contributed by atoms with E-state index < -0.39 is 18.6 Å². The highest BCUT2D eigenvalue weighted by molar-refractivity contribution is 5.77. The van der Waals surface area contributed by atoms with Gasteiger partial charge in [-0.15, -0.1) is 0 Å². The van der Waals surface area contributed by atoms with Crippen molar-refractivity contribution in [3.63, 3.8) is 0 Å². The van der Waals surface area contributed by atoms with Gasteiger partial charge in [-0.25, -0.2) is 4.79 Å². The molecule has 0 bridgehead atoms. The molecule has 0 saturated carbocycles. The van der Waals surface area contributed by atoms with E-state index in [-0.39, 0.29) is 11.5 Å². The van der Waals surface area contributed by atoms with Crippen LogP contribution in [-0.2, 0) is 9.53 Å². The third-order valence-electron chi connectivity index (χ3n) is 2.77. The minimum Gasteiger partial charge on any atom is -0.493 e. The van der Waals surface area contributed by atoms with E-state index in [1.165, 1.54) is 26.4 Å². The van der Waals surface area contributed by atoms with Crippen molar-refractivity contribution in [2.75, 3.05) is 20.8 Å². The van der Waals surface area contributed by atoms with Gasteiger partial charge in [-0.2, -0.15) is 8.78 Å². The van der Waals surface area contributed by atoms with E-state index in [9.17, 15) is 13.6 Å². The maximum absolute atomic E-state index is 12.4. The Morgan fingerprint density at radius 1 is 1.29 bits per heavy atom. The first kappa shape index (κ1) is 17.2. The van der Waals surface area contributed by atoms with Gasteiger partial charge in [0.05, 0.1) is 14.2 Å². The molecule has 1 atom stereocenters. The zero-order valence-electron chi connectivity index (χ0n) is 12.2. The van der Waals surface area contributed by atoms with Gasteiger partial charge in [-0.3, -0.25) is 0 Å². The molecule has 7 heteroatoms. The number of ether oxygens (including phenoxy) is 3. The molecule has 1 aromatic rings. The molecule has 1 unspecified atom stereocenters. The summed E-state index contributed by atoms with van der Waals surface area (Å²) < 4.78 is 38.9. The Bertz CT molecular complexity index is 468. The van der Waals surface area contributed by atoms with Crippen LogP contribution in [0.1, 0.15) is 24.9 Å². The third kappa shape index (κ3) is 4.86. The Morgan fingerprint density at radius 2 is 2.00 bits per heavy atom. The minimum atomic E-state index is -2.98. The van der Waals surface area contributed by atoms with Crippen LogP contribution in [-0.4, -0.2) is 33.3 Å². The SMILES string of the molecule is CCCNC(C(=O)OC)c1ccc(OC)c(OC(F)F)c1. The summed E-state index contributed by atoms with van der Waals surface area (Å²) >= 11 is 0. The van der Waals surface area contributed by atoms with Gasteiger partial charge in [0.2, 0.25) is 0 Å². The second kappa shape index (κ2) is 8.41. The molecule has 0 amide bonds. The van der Waals surface area contributed by atoms with Crippen molar-refractivity contribution in [1.29, 1.82) is 0 Å². The third-order valence-corrected chi connectivity index (χ3v) is 2.77. The quantitative estimate of drug-likeness (QED) is 0.748. The lowest BCUT2D eigenvalue weighted by atomic mass is 10.1. The Hall–Kier alpha value is -1.89. The van der Waals surface area contributed by atoms with Crippen LogP contribution in [0.25, 0.3) is 0 Å². The van der Waals surface area contributed by atoms with Crippen molar-refractivity contribution in [3.05, 3.63) is 23.8 Å². The van der Waals surface area contributed by atoms with Gasteiger partial charge >= 0.3 is 12.6 Å². The topological polar surface area (TPSA) is 56.8 Å². The molecule has 0 aromatic heterocycles. The van der Waals surface area contributed by atoms with E-state index in [1.807, 2.05) is 6.92 Å². The minimum absolute atomic E-state index is 0.128. The van der Waals surface area contributed by atoms with Gasteiger partial charge < -0.3 is 19.5 Å². The molecule has 0 aliphatic heterocycles. The predicted molar refractivity (Wildman–Crippen MR) is 72.7 cm³/mol. The fraction of sp³-hybridized carbons (Fsp3) is 0.500. The van der Waals surface area contributed by atoms with Crippen LogP contribution >= 0.6 is 0 Å². The lowest BCUT2D eigenvalue weighted by Gasteiger charge is -2.18. The number of alkyl halides is 2. The first-order chi connectivity index (χ1) is 10.0. The average Bonchev–Trinajstić information content (AvgIpc) is 2.47. The number of halogens is 2. The van der Waals surface area contributed by atoms with E-state index in [0.29, 0.717) is 12.1 Å². The number of rotatable bonds is 8. The van der Waals surface area contributed by atoms with E-state index in [1.54, 1.807) is 6.07 Å². The summed E-state index contributed by atoms with van der Waals surface area (Å²) in [5.74, 6) is -0.466. The smallest absolute Gasteiger partial charge is 0.387 e. The number of nitrogens with one attached hydrogen (secondary N) is 1. The van der Waals surface area contributed by atoms with E-state index in [4.69, 9.17) is 9.47 Å². The lowest BCUT2D eigenvalue weighted by molar-refractivity contribution is -0.143. The number of hydrogen-bond acceptors (Lipinski definition) is 5.